The zero-order chi connectivity index (χ0) is 31.1. The highest BCUT2D eigenvalue weighted by atomic mass is 79.9. The second-order valence-corrected chi connectivity index (χ2v) is 12.6. The number of rotatable bonds is 9. The van der Waals surface area contributed by atoms with Crippen molar-refractivity contribution >= 4 is 49.8 Å². The summed E-state index contributed by atoms with van der Waals surface area (Å²) in [7, 11) is 0. The van der Waals surface area contributed by atoms with E-state index in [9.17, 15) is 18.4 Å². The molecule has 0 radical (unpaired) electrons. The highest BCUT2D eigenvalue weighted by Gasteiger charge is 2.57. The number of fused-ring (bicyclic) bond motifs is 1. The average Bonchev–Trinajstić information content (AvgIpc) is 3.74. The fraction of sp³-hybridized carbons (Fsp3) is 0.393. The smallest absolute Gasteiger partial charge is 0.262 e. The van der Waals surface area contributed by atoms with Crippen LogP contribution in [0.1, 0.15) is 56.5 Å². The Hall–Kier alpha value is -3.34. The summed E-state index contributed by atoms with van der Waals surface area (Å²) >= 11 is 10.2. The molecule has 1 aromatic carbocycles. The Balaban J connectivity index is 1.90. The standard InChI is InChI=1S/C28H30BrClF4N8/c1-13-15(5-6-18(31)40-13)23(21(36)25(32)42(37)28(7-8-28)26(33)34)41-17-9-16(30)24-19(20(17)29)22(14(10-35)11-38-24)39-12-27(2,3)4/h5-6,9,11,23,26,41H,7-8,12,36-37H2,1-4H3,(H,38,39)/b25-21-. The van der Waals surface area contributed by atoms with Crippen LogP contribution in [0.4, 0.5) is 28.9 Å². The lowest BCUT2D eigenvalue weighted by Crippen LogP contribution is -2.47. The molecule has 42 heavy (non-hydrogen) atoms. The van der Waals surface area contributed by atoms with Crippen molar-refractivity contribution in [3.05, 3.63) is 68.3 Å². The van der Waals surface area contributed by atoms with Crippen molar-refractivity contribution in [3.8, 4) is 6.07 Å². The highest BCUT2D eigenvalue weighted by Crippen LogP contribution is 2.48. The molecule has 3 aromatic rings. The number of anilines is 2. The zero-order valence-corrected chi connectivity index (χ0v) is 25.6. The third-order valence-electron chi connectivity index (χ3n) is 7.06. The minimum atomic E-state index is -2.91. The van der Waals surface area contributed by atoms with Gasteiger partial charge in [0.1, 0.15) is 11.6 Å². The molecule has 1 aliphatic carbocycles. The maximum absolute atomic E-state index is 15.7. The summed E-state index contributed by atoms with van der Waals surface area (Å²) in [6.45, 7) is 8.08. The van der Waals surface area contributed by atoms with E-state index in [-0.39, 0.29) is 40.1 Å². The second kappa shape index (κ2) is 11.7. The molecule has 1 fully saturated rings. The van der Waals surface area contributed by atoms with Crippen molar-refractivity contribution in [2.24, 2.45) is 17.0 Å². The van der Waals surface area contributed by atoms with Crippen LogP contribution in [0.2, 0.25) is 5.02 Å². The van der Waals surface area contributed by atoms with Gasteiger partial charge in [0.2, 0.25) is 11.9 Å². The highest BCUT2D eigenvalue weighted by molar-refractivity contribution is 9.10. The number of nitrogens with two attached hydrogens (primary N) is 2. The molecule has 0 aliphatic heterocycles. The van der Waals surface area contributed by atoms with Gasteiger partial charge in [0.25, 0.3) is 6.43 Å². The second-order valence-electron chi connectivity index (χ2n) is 11.4. The van der Waals surface area contributed by atoms with Crippen LogP contribution in [0.25, 0.3) is 10.9 Å². The number of halogens is 6. The number of aryl methyl sites for hydroxylation is 1. The largest absolute Gasteiger partial charge is 0.396 e. The molecule has 0 bridgehead atoms. The van der Waals surface area contributed by atoms with Gasteiger partial charge in [0.15, 0.2) is 0 Å². The maximum Gasteiger partial charge on any atom is 0.262 e. The van der Waals surface area contributed by atoms with Crippen molar-refractivity contribution < 1.29 is 17.6 Å². The molecule has 224 valence electrons. The van der Waals surface area contributed by atoms with Gasteiger partial charge in [-0.15, -0.1) is 0 Å². The molecular formula is C28H30BrClF4N8. The quantitative estimate of drug-likeness (QED) is 0.0628. The van der Waals surface area contributed by atoms with E-state index in [2.05, 4.69) is 42.6 Å². The third-order valence-corrected chi connectivity index (χ3v) is 8.17. The monoisotopic (exact) mass is 668 g/mol. The Morgan fingerprint density at radius 1 is 1.31 bits per heavy atom. The number of nitriles is 1. The number of hydrogen-bond donors (Lipinski definition) is 4. The molecule has 0 spiro atoms. The van der Waals surface area contributed by atoms with Gasteiger partial charge >= 0.3 is 0 Å². The van der Waals surface area contributed by atoms with Crippen molar-refractivity contribution in [3.63, 3.8) is 0 Å². The Bertz CT molecular complexity index is 1600. The number of alkyl halides is 2. The van der Waals surface area contributed by atoms with Crippen LogP contribution in [-0.2, 0) is 0 Å². The summed E-state index contributed by atoms with van der Waals surface area (Å²) in [5, 5.41) is 17.3. The average molecular weight is 670 g/mol. The molecule has 0 saturated heterocycles. The van der Waals surface area contributed by atoms with E-state index in [1.165, 1.54) is 25.3 Å². The molecular weight excluding hydrogens is 640 g/mol. The van der Waals surface area contributed by atoms with Gasteiger partial charge < -0.3 is 16.4 Å². The van der Waals surface area contributed by atoms with Crippen molar-refractivity contribution in [1.29, 1.82) is 5.26 Å². The number of benzene rings is 1. The molecule has 1 aliphatic rings. The SMILES string of the molecule is Cc1nc(F)ccc1C(Nc1cc(Cl)c2ncc(C#N)c(NCC(C)(C)C)c2c1Br)/C(N)=C(\F)N(N)C1(C(F)F)CC1. The predicted octanol–water partition coefficient (Wildman–Crippen LogP) is 7.05. The Kier molecular flexibility index (Phi) is 8.83. The molecule has 14 heteroatoms. The molecule has 1 atom stereocenters. The third kappa shape index (κ3) is 6.07. The summed E-state index contributed by atoms with van der Waals surface area (Å²) in [6, 6.07) is 4.84. The van der Waals surface area contributed by atoms with Crippen LogP contribution < -0.4 is 22.2 Å². The van der Waals surface area contributed by atoms with Crippen LogP contribution in [0.15, 0.2) is 40.5 Å². The molecule has 1 saturated carbocycles. The molecule has 1 unspecified atom stereocenters. The summed E-state index contributed by atoms with van der Waals surface area (Å²) in [5.41, 5.74) is 5.60. The molecule has 6 N–H and O–H groups in total. The first kappa shape index (κ1) is 31.6. The zero-order valence-electron chi connectivity index (χ0n) is 23.3. The van der Waals surface area contributed by atoms with Crippen molar-refractivity contribution in [1.82, 2.24) is 15.0 Å². The number of hydrogen-bond acceptors (Lipinski definition) is 8. The fourth-order valence-corrected chi connectivity index (χ4v) is 5.36. The minimum Gasteiger partial charge on any atom is -0.396 e. The first-order valence-corrected chi connectivity index (χ1v) is 14.1. The van der Waals surface area contributed by atoms with Gasteiger partial charge in [-0.3, -0.25) is 9.99 Å². The van der Waals surface area contributed by atoms with Crippen molar-refractivity contribution in [2.75, 3.05) is 17.2 Å². The van der Waals surface area contributed by atoms with E-state index in [0.717, 1.165) is 6.07 Å². The molecule has 0 amide bonds. The van der Waals surface area contributed by atoms with Crippen LogP contribution in [0, 0.1) is 29.6 Å². The lowest BCUT2D eigenvalue weighted by Gasteiger charge is -2.30. The predicted molar refractivity (Wildman–Crippen MR) is 159 cm³/mol. The summed E-state index contributed by atoms with van der Waals surface area (Å²) in [6.07, 6.45) is -1.52. The van der Waals surface area contributed by atoms with E-state index < -0.39 is 35.6 Å². The summed E-state index contributed by atoms with van der Waals surface area (Å²) < 4.78 is 57.5. The Morgan fingerprint density at radius 2 is 1.98 bits per heavy atom. The minimum absolute atomic E-state index is 0.0124. The lowest BCUT2D eigenvalue weighted by atomic mass is 9.96. The summed E-state index contributed by atoms with van der Waals surface area (Å²) in [5.74, 6) is 3.80. The number of aromatic nitrogens is 2. The van der Waals surface area contributed by atoms with Gasteiger partial charge in [-0.1, -0.05) is 38.4 Å². The summed E-state index contributed by atoms with van der Waals surface area (Å²) in [4.78, 5) is 8.18. The van der Waals surface area contributed by atoms with Crippen LogP contribution in [0.5, 0.6) is 0 Å². The van der Waals surface area contributed by atoms with E-state index in [0.29, 0.717) is 38.3 Å². The lowest BCUT2D eigenvalue weighted by molar-refractivity contribution is 0.0116. The Labute approximate surface area is 254 Å². The number of hydrazine groups is 1. The van der Waals surface area contributed by atoms with Crippen molar-refractivity contribution in [2.45, 2.75) is 58.5 Å². The maximum atomic E-state index is 15.7. The molecule has 4 rings (SSSR count). The van der Waals surface area contributed by atoms with Gasteiger partial charge in [-0.05, 0) is 53.2 Å². The van der Waals surface area contributed by atoms with Gasteiger partial charge in [-0.25, -0.2) is 19.6 Å². The van der Waals surface area contributed by atoms with E-state index in [4.69, 9.17) is 23.2 Å². The number of nitrogens with one attached hydrogen (secondary N) is 2. The van der Waals surface area contributed by atoms with Gasteiger partial charge in [-0.2, -0.15) is 14.0 Å². The van der Waals surface area contributed by atoms with Gasteiger partial charge in [0.05, 0.1) is 43.7 Å². The van der Waals surface area contributed by atoms with E-state index in [1.807, 2.05) is 20.8 Å². The van der Waals surface area contributed by atoms with Crippen LogP contribution in [-0.4, -0.2) is 33.5 Å². The van der Waals surface area contributed by atoms with Gasteiger partial charge in [0, 0.05) is 29.4 Å². The normalized spacial score (nSPS) is 15.7. The number of nitrogens with zero attached hydrogens (tertiary/aromatic N) is 4. The Morgan fingerprint density at radius 3 is 2.52 bits per heavy atom. The van der Waals surface area contributed by atoms with E-state index in [1.54, 1.807) is 0 Å². The van der Waals surface area contributed by atoms with E-state index >= 15 is 4.39 Å². The van der Waals surface area contributed by atoms with Crippen LogP contribution >= 0.6 is 27.5 Å². The first-order chi connectivity index (χ1) is 19.6. The number of pyridine rings is 2. The molecule has 2 aromatic heterocycles. The topological polar surface area (TPSA) is 129 Å². The van der Waals surface area contributed by atoms with Crippen LogP contribution in [0.3, 0.4) is 0 Å². The molecule has 2 heterocycles. The molecule has 8 nitrogen and oxygen atoms in total. The fourth-order valence-electron chi connectivity index (χ4n) is 4.50. The first-order valence-electron chi connectivity index (χ1n) is 12.9.